The molecular formula is C56H51BBrF4NNaO4. The van der Waals surface area contributed by atoms with Gasteiger partial charge in [-0.1, -0.05) is 186 Å². The summed E-state index contributed by atoms with van der Waals surface area (Å²) in [6.45, 7) is 1.46. The number of aliphatic hydroxyl groups excluding tert-OH is 1. The molecule has 8 aromatic carbocycles. The fourth-order valence-corrected chi connectivity index (χ4v) is 6.79. The third-order valence-corrected chi connectivity index (χ3v) is 10.00. The van der Waals surface area contributed by atoms with Crippen LogP contribution < -0.4 is 35.3 Å². The van der Waals surface area contributed by atoms with Crippen molar-refractivity contribution in [2.24, 2.45) is 5.73 Å². The van der Waals surface area contributed by atoms with Crippen molar-refractivity contribution in [3.8, 4) is 0 Å². The maximum atomic E-state index is 13.3. The van der Waals surface area contributed by atoms with Gasteiger partial charge >= 0.3 is 29.6 Å². The minimum Gasteiger partial charge on any atom is -1.00 e. The summed E-state index contributed by atoms with van der Waals surface area (Å²) in [7, 11) is 0. The minimum atomic E-state index is -0.762. The Morgan fingerprint density at radius 2 is 0.809 bits per heavy atom. The van der Waals surface area contributed by atoms with E-state index in [2.05, 4.69) is 15.9 Å². The van der Waals surface area contributed by atoms with E-state index in [4.69, 9.17) is 15.2 Å². The number of ether oxygens (including phenoxy) is 2. The van der Waals surface area contributed by atoms with Crippen molar-refractivity contribution in [1.82, 2.24) is 0 Å². The molecule has 3 N–H and O–H groups in total. The summed E-state index contributed by atoms with van der Waals surface area (Å²) in [6.07, 6.45) is -1.26. The summed E-state index contributed by atoms with van der Waals surface area (Å²) in [5.74, 6) is -1.38. The third-order valence-electron chi connectivity index (χ3n) is 9.67. The molecule has 0 aliphatic heterocycles. The Kier molecular flexibility index (Phi) is 26.4. The number of carbonyl (C=O) groups is 1. The number of rotatable bonds is 14. The predicted molar refractivity (Wildman–Crippen MR) is 264 cm³/mol. The van der Waals surface area contributed by atoms with Gasteiger partial charge in [-0.2, -0.15) is 0 Å². The van der Waals surface area contributed by atoms with Gasteiger partial charge in [0, 0.05) is 31.4 Å². The molecule has 0 amide bonds. The van der Waals surface area contributed by atoms with E-state index >= 15 is 0 Å². The Bertz CT molecular complexity index is 2560. The second kappa shape index (κ2) is 31.6. The van der Waals surface area contributed by atoms with Crippen molar-refractivity contribution >= 4 is 30.1 Å². The predicted octanol–water partition coefficient (Wildman–Crippen LogP) is 9.92. The van der Waals surface area contributed by atoms with Gasteiger partial charge in [-0.05, 0) is 81.9 Å². The van der Waals surface area contributed by atoms with E-state index in [9.17, 15) is 27.5 Å². The van der Waals surface area contributed by atoms with Gasteiger partial charge in [-0.25, -0.2) is 17.6 Å². The smallest absolute Gasteiger partial charge is 1.00 e. The summed E-state index contributed by atoms with van der Waals surface area (Å²) in [5, 5.41) is 10.7. The second-order valence-electron chi connectivity index (χ2n) is 14.5. The molecule has 8 aromatic rings. The van der Waals surface area contributed by atoms with Crippen molar-refractivity contribution in [3.05, 3.63) is 286 Å². The standard InChI is InChI=1S/C15H14BrFO.C15H16FNO.C13H11FO.C13H9FO.B.Na.H/c16-9-10-18-15(12-5-2-1-3-6-12)13-7-4-8-14(17)11-13;16-14-8-4-7-13(11-14)15(18-10-9-17)12-5-2-1-3-6-12;2*14-12-8-4-7-11(9-12)13(15)10-5-2-1-3-6-10;;;/h1-8,11,15H,9-10H2;1-8,11,15H,9-10,17H2;1-9,13,15H;1-9H;;;/q;;;;;+1;-1. The molecular weight excluding hydrogens is 940 g/mol. The quantitative estimate of drug-likeness (QED) is 0.0491. The number of alkyl halides is 1. The molecule has 0 heterocycles. The van der Waals surface area contributed by atoms with Crippen molar-refractivity contribution in [2.45, 2.75) is 18.3 Å². The van der Waals surface area contributed by atoms with E-state index in [0.29, 0.717) is 36.4 Å². The molecule has 0 saturated heterocycles. The zero-order chi connectivity index (χ0) is 46.9. The number of nitrogens with two attached hydrogens (primary N) is 1. The molecule has 0 spiro atoms. The average Bonchev–Trinajstić information content (AvgIpc) is 3.36. The van der Waals surface area contributed by atoms with Crippen LogP contribution in [0.1, 0.15) is 69.0 Å². The van der Waals surface area contributed by atoms with E-state index in [1.165, 1.54) is 54.6 Å². The van der Waals surface area contributed by atoms with Crippen molar-refractivity contribution in [2.75, 3.05) is 25.1 Å². The van der Waals surface area contributed by atoms with E-state index in [1.807, 2.05) is 109 Å². The fourth-order valence-electron chi connectivity index (χ4n) is 6.60. The third kappa shape index (κ3) is 18.9. The van der Waals surface area contributed by atoms with Crippen LogP contribution in [0.3, 0.4) is 0 Å². The topological polar surface area (TPSA) is 81.8 Å². The Morgan fingerprint density at radius 1 is 0.471 bits per heavy atom. The zero-order valence-corrected chi connectivity index (χ0v) is 41.1. The zero-order valence-electron chi connectivity index (χ0n) is 38.6. The van der Waals surface area contributed by atoms with Crippen LogP contribution in [0.25, 0.3) is 0 Å². The first-order chi connectivity index (χ1) is 32.2. The van der Waals surface area contributed by atoms with Gasteiger partial charge in [-0.3, -0.25) is 4.79 Å². The van der Waals surface area contributed by atoms with E-state index < -0.39 is 11.9 Å². The van der Waals surface area contributed by atoms with Crippen LogP contribution in [0, 0.1) is 23.3 Å². The molecule has 0 fully saturated rings. The summed E-state index contributed by atoms with van der Waals surface area (Å²) in [6, 6.07) is 62.4. The van der Waals surface area contributed by atoms with E-state index in [1.54, 1.807) is 54.6 Å². The van der Waals surface area contributed by atoms with Crippen molar-refractivity contribution in [3.63, 3.8) is 0 Å². The Morgan fingerprint density at radius 3 is 1.22 bits per heavy atom. The normalized spacial score (nSPS) is 11.5. The minimum absolute atomic E-state index is 0. The number of carbonyl (C=O) groups excluding carboxylic acids is 1. The first-order valence-corrected chi connectivity index (χ1v) is 22.2. The number of aliphatic hydroxyl groups is 1. The van der Waals surface area contributed by atoms with Crippen molar-refractivity contribution < 1.29 is 67.9 Å². The molecule has 5 nitrogen and oxygen atoms in total. The van der Waals surface area contributed by atoms with Gasteiger partial charge in [0.15, 0.2) is 5.78 Å². The largest absolute Gasteiger partial charge is 1.00 e. The number of hydrogen-bond donors (Lipinski definition) is 2. The maximum Gasteiger partial charge on any atom is 1.00 e. The molecule has 3 atom stereocenters. The SMILES string of the molecule is Fc1cccc(C(OCCBr)c2ccccc2)c1.NCCOC(c1ccccc1)c1cccc(F)c1.O=C(c1ccccc1)c1cccc(F)c1.OC(c1ccccc1)c1cccc(F)c1.[B].[H-].[Na+]. The Labute approximate surface area is 430 Å². The number of benzene rings is 8. The van der Waals surface area contributed by atoms with Gasteiger partial charge in [0.05, 0.1) is 13.2 Å². The summed E-state index contributed by atoms with van der Waals surface area (Å²) >= 11 is 3.34. The van der Waals surface area contributed by atoms with E-state index in [-0.39, 0.29) is 74.8 Å². The summed E-state index contributed by atoms with van der Waals surface area (Å²) < 4.78 is 63.9. The molecule has 12 heteroatoms. The molecule has 68 heavy (non-hydrogen) atoms. The first-order valence-electron chi connectivity index (χ1n) is 21.1. The number of hydrogen-bond acceptors (Lipinski definition) is 5. The second-order valence-corrected chi connectivity index (χ2v) is 15.3. The first kappa shape index (κ1) is 56.9. The fraction of sp³-hybridized carbons (Fsp3) is 0.125. The van der Waals surface area contributed by atoms with Gasteiger partial charge in [-0.15, -0.1) is 0 Å². The summed E-state index contributed by atoms with van der Waals surface area (Å²) in [4.78, 5) is 11.8. The van der Waals surface area contributed by atoms with Crippen LogP contribution in [0.2, 0.25) is 0 Å². The Balaban J connectivity index is 0.000000312. The maximum absolute atomic E-state index is 13.3. The molecule has 0 aromatic heterocycles. The molecule has 343 valence electrons. The van der Waals surface area contributed by atoms with Gasteiger partial charge in [0.25, 0.3) is 0 Å². The van der Waals surface area contributed by atoms with Crippen LogP contribution in [0.15, 0.2) is 218 Å². The number of halogens is 5. The van der Waals surface area contributed by atoms with Crippen molar-refractivity contribution in [1.29, 1.82) is 0 Å². The number of ketones is 1. The Hall–Kier alpha value is -5.47. The van der Waals surface area contributed by atoms with E-state index in [0.717, 1.165) is 33.1 Å². The summed E-state index contributed by atoms with van der Waals surface area (Å²) in [5.41, 5.74) is 11.4. The van der Waals surface area contributed by atoms with Crippen LogP contribution in [0.5, 0.6) is 0 Å². The molecule has 8 rings (SSSR count). The van der Waals surface area contributed by atoms with Gasteiger partial charge < -0.3 is 21.7 Å². The monoisotopic (exact) mass is 990 g/mol. The van der Waals surface area contributed by atoms with Gasteiger partial charge in [0.2, 0.25) is 0 Å². The average molecular weight is 992 g/mol. The molecule has 3 radical (unpaired) electrons. The van der Waals surface area contributed by atoms with Gasteiger partial charge in [0.1, 0.15) is 41.6 Å². The molecule has 0 bridgehead atoms. The van der Waals surface area contributed by atoms with Crippen LogP contribution in [-0.2, 0) is 9.47 Å². The molecule has 0 aliphatic rings. The molecule has 0 saturated carbocycles. The molecule has 0 aliphatic carbocycles. The van der Waals surface area contributed by atoms with Crippen LogP contribution in [-0.4, -0.2) is 44.4 Å². The molecule has 3 unspecified atom stereocenters. The van der Waals surface area contributed by atoms with Crippen LogP contribution >= 0.6 is 15.9 Å². The van der Waals surface area contributed by atoms with Crippen LogP contribution in [0.4, 0.5) is 17.6 Å².